The second kappa shape index (κ2) is 11.1. The Morgan fingerprint density at radius 2 is 1.87 bits per heavy atom. The van der Waals surface area contributed by atoms with Crippen molar-refractivity contribution in [3.8, 4) is 10.4 Å². The van der Waals surface area contributed by atoms with E-state index in [0.717, 1.165) is 32.0 Å². The standard InChI is InChI=1S/C24H30F5N5O3S/c1-11-7-6-8-34(11)22(36)17-18(38-21(33-17)20(35)32-12(2)23(4,5)37)15-10-30-16(9-14(15)19(25)26)31-13(3)24(27,28)29/h9-13,19,37H,6-8H2,1-5H3,(H,30,31)(H,32,35)/t11-,12-,13+/m0/s1. The molecule has 2 amide bonds. The number of carbonyl (C=O) groups excluding carboxylic acids is 2. The Kier molecular flexibility index (Phi) is 8.66. The van der Waals surface area contributed by atoms with Gasteiger partial charge in [-0.15, -0.1) is 11.3 Å². The van der Waals surface area contributed by atoms with Gasteiger partial charge in [0.1, 0.15) is 17.6 Å². The van der Waals surface area contributed by atoms with Gasteiger partial charge in [0.25, 0.3) is 18.2 Å². The minimum Gasteiger partial charge on any atom is -0.388 e. The molecule has 8 nitrogen and oxygen atoms in total. The van der Waals surface area contributed by atoms with E-state index in [4.69, 9.17) is 0 Å². The first-order valence-electron chi connectivity index (χ1n) is 12.0. The van der Waals surface area contributed by atoms with Gasteiger partial charge < -0.3 is 20.6 Å². The van der Waals surface area contributed by atoms with Crippen LogP contribution in [0.5, 0.6) is 0 Å². The Hall–Kier alpha value is -2.87. The number of hydrogen-bond acceptors (Lipinski definition) is 7. The Balaban J connectivity index is 2.09. The zero-order valence-electron chi connectivity index (χ0n) is 21.5. The molecule has 1 fully saturated rings. The second-order valence-electron chi connectivity index (χ2n) is 9.90. The van der Waals surface area contributed by atoms with Crippen molar-refractivity contribution in [1.82, 2.24) is 20.2 Å². The van der Waals surface area contributed by atoms with Gasteiger partial charge >= 0.3 is 6.18 Å². The third-order valence-corrected chi connectivity index (χ3v) is 7.60. The van der Waals surface area contributed by atoms with Crippen molar-refractivity contribution in [3.05, 3.63) is 28.5 Å². The number of amides is 2. The molecule has 1 aliphatic heterocycles. The van der Waals surface area contributed by atoms with Crippen LogP contribution in [-0.2, 0) is 0 Å². The topological polar surface area (TPSA) is 107 Å². The van der Waals surface area contributed by atoms with Gasteiger partial charge in [-0.25, -0.2) is 18.7 Å². The highest BCUT2D eigenvalue weighted by molar-refractivity contribution is 7.17. The number of thiazole rings is 1. The number of nitrogens with one attached hydrogen (secondary N) is 2. The third-order valence-electron chi connectivity index (χ3n) is 6.52. The van der Waals surface area contributed by atoms with Gasteiger partial charge in [-0.2, -0.15) is 13.2 Å². The van der Waals surface area contributed by atoms with E-state index in [1.807, 2.05) is 6.92 Å². The van der Waals surface area contributed by atoms with Crippen LogP contribution >= 0.6 is 11.3 Å². The predicted molar refractivity (Wildman–Crippen MR) is 132 cm³/mol. The summed E-state index contributed by atoms with van der Waals surface area (Å²) < 4.78 is 67.1. The summed E-state index contributed by atoms with van der Waals surface area (Å²) >= 11 is 0.691. The van der Waals surface area contributed by atoms with Crippen molar-refractivity contribution < 1.29 is 36.6 Å². The number of anilines is 1. The van der Waals surface area contributed by atoms with E-state index < -0.39 is 53.5 Å². The first-order chi connectivity index (χ1) is 17.5. The number of hydrogen-bond donors (Lipinski definition) is 3. The molecule has 1 saturated heterocycles. The van der Waals surface area contributed by atoms with E-state index >= 15 is 0 Å². The van der Waals surface area contributed by atoms with E-state index in [-0.39, 0.29) is 27.2 Å². The molecule has 2 aromatic heterocycles. The van der Waals surface area contributed by atoms with Crippen LogP contribution in [0.3, 0.4) is 0 Å². The molecule has 1 aliphatic rings. The predicted octanol–water partition coefficient (Wildman–Crippen LogP) is 5.02. The van der Waals surface area contributed by atoms with Gasteiger partial charge in [0.05, 0.1) is 16.5 Å². The van der Waals surface area contributed by atoms with Crippen molar-refractivity contribution in [1.29, 1.82) is 0 Å². The quantitative estimate of drug-likeness (QED) is 0.390. The second-order valence-corrected chi connectivity index (χ2v) is 10.9. The van der Waals surface area contributed by atoms with Gasteiger partial charge in [0.15, 0.2) is 5.01 Å². The fraction of sp³-hybridized carbons (Fsp3) is 0.583. The lowest BCUT2D eigenvalue weighted by Gasteiger charge is -2.26. The number of rotatable bonds is 8. The van der Waals surface area contributed by atoms with Gasteiger partial charge in [-0.05, 0) is 53.5 Å². The van der Waals surface area contributed by atoms with Crippen LogP contribution in [0, 0.1) is 0 Å². The Morgan fingerprint density at radius 1 is 1.21 bits per heavy atom. The average Bonchev–Trinajstić information content (AvgIpc) is 3.44. The summed E-state index contributed by atoms with van der Waals surface area (Å²) in [6, 6.07) is -2.09. The average molecular weight is 564 g/mol. The molecule has 2 aromatic rings. The van der Waals surface area contributed by atoms with Gasteiger partial charge in [-0.1, -0.05) is 0 Å². The molecule has 3 rings (SSSR count). The molecule has 14 heteroatoms. The summed E-state index contributed by atoms with van der Waals surface area (Å²) in [6.45, 7) is 7.64. The fourth-order valence-corrected chi connectivity index (χ4v) is 4.77. The Morgan fingerprint density at radius 3 is 2.39 bits per heavy atom. The highest BCUT2D eigenvalue weighted by Crippen LogP contribution is 2.39. The number of carbonyl (C=O) groups is 2. The number of alkyl halides is 5. The minimum atomic E-state index is -4.63. The lowest BCUT2D eigenvalue weighted by molar-refractivity contribution is -0.138. The molecular formula is C24H30F5N5O3S. The summed E-state index contributed by atoms with van der Waals surface area (Å²) in [5.41, 5.74) is -2.38. The van der Waals surface area contributed by atoms with E-state index in [1.165, 1.54) is 18.7 Å². The Labute approximate surface area is 220 Å². The van der Waals surface area contributed by atoms with Crippen molar-refractivity contribution in [2.45, 2.75) is 83.8 Å². The first kappa shape index (κ1) is 29.7. The third kappa shape index (κ3) is 6.57. The molecule has 3 N–H and O–H groups in total. The largest absolute Gasteiger partial charge is 0.408 e. The van der Waals surface area contributed by atoms with Crippen molar-refractivity contribution >= 4 is 29.0 Å². The lowest BCUT2D eigenvalue weighted by atomic mass is 10.0. The molecule has 0 unspecified atom stereocenters. The minimum absolute atomic E-state index is 0.0478. The monoisotopic (exact) mass is 563 g/mol. The zero-order valence-corrected chi connectivity index (χ0v) is 22.3. The van der Waals surface area contributed by atoms with Crippen LogP contribution in [0.1, 0.15) is 79.7 Å². The first-order valence-corrected chi connectivity index (χ1v) is 12.8. The number of likely N-dealkylation sites (tertiary alicyclic amines) is 1. The van der Waals surface area contributed by atoms with E-state index in [0.29, 0.717) is 17.9 Å². The van der Waals surface area contributed by atoms with Gasteiger partial charge in [0.2, 0.25) is 0 Å². The molecule has 210 valence electrons. The van der Waals surface area contributed by atoms with Gasteiger partial charge in [0, 0.05) is 29.9 Å². The van der Waals surface area contributed by atoms with E-state index in [9.17, 15) is 36.6 Å². The molecule has 38 heavy (non-hydrogen) atoms. The maximum Gasteiger partial charge on any atom is 0.408 e. The summed E-state index contributed by atoms with van der Waals surface area (Å²) in [5, 5.41) is 14.6. The molecule has 3 heterocycles. The molecule has 0 spiro atoms. The lowest BCUT2D eigenvalue weighted by Crippen LogP contribution is -2.47. The van der Waals surface area contributed by atoms with Crippen LogP contribution in [-0.4, -0.2) is 68.2 Å². The molecule has 3 atom stereocenters. The van der Waals surface area contributed by atoms with Crippen LogP contribution < -0.4 is 10.6 Å². The van der Waals surface area contributed by atoms with Crippen LogP contribution in [0.2, 0.25) is 0 Å². The van der Waals surface area contributed by atoms with Crippen molar-refractivity contribution in [2.75, 3.05) is 11.9 Å². The zero-order chi connectivity index (χ0) is 28.6. The van der Waals surface area contributed by atoms with Gasteiger partial charge in [-0.3, -0.25) is 9.59 Å². The SMILES string of the molecule is C[C@H](NC(=O)c1nc(C(=O)N2CCC[C@@H]2C)c(-c2cnc(N[C@H](C)C(F)(F)F)cc2C(F)F)s1)C(C)(C)O. The Bertz CT molecular complexity index is 1180. The molecular weight excluding hydrogens is 533 g/mol. The maximum absolute atomic E-state index is 14.1. The molecule has 0 radical (unpaired) electrons. The summed E-state index contributed by atoms with van der Waals surface area (Å²) in [6.07, 6.45) is -5.32. The molecule has 0 saturated carbocycles. The highest BCUT2D eigenvalue weighted by Gasteiger charge is 2.37. The highest BCUT2D eigenvalue weighted by atomic mass is 32.1. The molecule has 0 aromatic carbocycles. The molecule has 0 aliphatic carbocycles. The molecule has 0 bridgehead atoms. The van der Waals surface area contributed by atoms with Crippen molar-refractivity contribution in [2.24, 2.45) is 0 Å². The number of nitrogens with zero attached hydrogens (tertiary/aromatic N) is 3. The summed E-state index contributed by atoms with van der Waals surface area (Å²) in [4.78, 5) is 35.9. The number of aromatic nitrogens is 2. The van der Waals surface area contributed by atoms with Crippen LogP contribution in [0.15, 0.2) is 12.3 Å². The number of aliphatic hydroxyl groups is 1. The maximum atomic E-state index is 14.1. The smallest absolute Gasteiger partial charge is 0.388 e. The summed E-state index contributed by atoms with van der Waals surface area (Å²) in [7, 11) is 0. The fourth-order valence-electron chi connectivity index (χ4n) is 3.77. The van der Waals surface area contributed by atoms with Crippen LogP contribution in [0.4, 0.5) is 27.8 Å². The summed E-state index contributed by atoms with van der Waals surface area (Å²) in [5.74, 6) is -1.69. The van der Waals surface area contributed by atoms with E-state index in [1.54, 1.807) is 6.92 Å². The van der Waals surface area contributed by atoms with Crippen molar-refractivity contribution in [3.63, 3.8) is 0 Å². The number of halogens is 5. The van der Waals surface area contributed by atoms with Crippen LogP contribution in [0.25, 0.3) is 10.4 Å². The number of pyridine rings is 1. The normalized spacial score (nSPS) is 18.0. The van der Waals surface area contributed by atoms with E-state index in [2.05, 4.69) is 20.6 Å².